The summed E-state index contributed by atoms with van der Waals surface area (Å²) in [5, 5.41) is 12.4. The number of ketones is 1. The molecule has 8 heteroatoms. The van der Waals surface area contributed by atoms with Crippen LogP contribution in [0.1, 0.15) is 44.6 Å². The maximum Gasteiger partial charge on any atom is 0.294 e. The summed E-state index contributed by atoms with van der Waals surface area (Å²) < 4.78 is 0. The van der Waals surface area contributed by atoms with E-state index in [1.807, 2.05) is 19.9 Å². The SMILES string of the molecule is CC1(C)CC(=O)C2=C(C1)N(c1ccc(Cl)cc1[N+](=O)[O-])C(=O)CC2c1cccc(Cl)c1. The van der Waals surface area contributed by atoms with Crippen molar-refractivity contribution in [2.75, 3.05) is 4.90 Å². The van der Waals surface area contributed by atoms with Crippen LogP contribution in [-0.4, -0.2) is 16.6 Å². The number of benzene rings is 2. The summed E-state index contributed by atoms with van der Waals surface area (Å²) in [5.41, 5.74) is 1.31. The molecule has 1 unspecified atom stereocenters. The minimum absolute atomic E-state index is 0.0190. The van der Waals surface area contributed by atoms with Gasteiger partial charge in [-0.05, 0) is 41.7 Å². The third-order valence-corrected chi connectivity index (χ3v) is 6.24. The number of Topliss-reactive ketones (excluding diaryl/α,β-unsaturated/α-hetero) is 1. The van der Waals surface area contributed by atoms with Gasteiger partial charge >= 0.3 is 0 Å². The summed E-state index contributed by atoms with van der Waals surface area (Å²) in [7, 11) is 0. The second-order valence-corrected chi connectivity index (χ2v) is 9.61. The van der Waals surface area contributed by atoms with Crippen molar-refractivity contribution in [1.82, 2.24) is 0 Å². The number of halogens is 2. The molecule has 0 N–H and O–H groups in total. The molecule has 1 aliphatic carbocycles. The molecule has 2 aromatic rings. The van der Waals surface area contributed by atoms with E-state index in [4.69, 9.17) is 23.2 Å². The smallest absolute Gasteiger partial charge is 0.294 e. The van der Waals surface area contributed by atoms with Gasteiger partial charge < -0.3 is 0 Å². The Kier molecular flexibility index (Phi) is 5.40. The van der Waals surface area contributed by atoms with Gasteiger partial charge in [0.1, 0.15) is 5.69 Å². The zero-order chi connectivity index (χ0) is 22.5. The second-order valence-electron chi connectivity index (χ2n) is 8.73. The van der Waals surface area contributed by atoms with Gasteiger partial charge in [-0.1, -0.05) is 49.2 Å². The fraction of sp³-hybridized carbons (Fsp3) is 0.304. The summed E-state index contributed by atoms with van der Waals surface area (Å²) >= 11 is 12.1. The van der Waals surface area contributed by atoms with E-state index in [9.17, 15) is 19.7 Å². The summed E-state index contributed by atoms with van der Waals surface area (Å²) in [6.07, 6.45) is 0.801. The maximum atomic E-state index is 13.4. The van der Waals surface area contributed by atoms with Crippen molar-refractivity contribution in [3.05, 3.63) is 79.5 Å². The number of nitro benzene ring substituents is 1. The maximum absolute atomic E-state index is 13.4. The third kappa shape index (κ3) is 3.98. The number of nitrogens with zero attached hydrogens (tertiary/aromatic N) is 2. The highest BCUT2D eigenvalue weighted by molar-refractivity contribution is 6.31. The number of amides is 1. The van der Waals surface area contributed by atoms with E-state index >= 15 is 0 Å². The topological polar surface area (TPSA) is 80.5 Å². The predicted octanol–water partition coefficient (Wildman–Crippen LogP) is 6.07. The van der Waals surface area contributed by atoms with Gasteiger partial charge in [-0.3, -0.25) is 24.6 Å². The number of rotatable bonds is 3. The number of carbonyl (C=O) groups excluding carboxylic acids is 2. The molecule has 0 spiro atoms. The minimum Gasteiger partial charge on any atom is -0.294 e. The molecule has 1 amide bonds. The van der Waals surface area contributed by atoms with Crippen molar-refractivity contribution in [3.8, 4) is 0 Å². The van der Waals surface area contributed by atoms with E-state index in [1.54, 1.807) is 18.2 Å². The number of allylic oxidation sites excluding steroid dienone is 2. The van der Waals surface area contributed by atoms with Gasteiger partial charge in [-0.2, -0.15) is 0 Å². The van der Waals surface area contributed by atoms with E-state index in [0.29, 0.717) is 29.1 Å². The highest BCUT2D eigenvalue weighted by atomic mass is 35.5. The Morgan fingerprint density at radius 1 is 1.06 bits per heavy atom. The van der Waals surface area contributed by atoms with Crippen LogP contribution in [0.3, 0.4) is 0 Å². The lowest BCUT2D eigenvalue weighted by atomic mass is 9.69. The number of hydrogen-bond donors (Lipinski definition) is 0. The molecule has 4 rings (SSSR count). The first-order valence-electron chi connectivity index (χ1n) is 9.86. The number of nitro groups is 1. The van der Waals surface area contributed by atoms with Gasteiger partial charge in [0, 0.05) is 46.1 Å². The average Bonchev–Trinajstić information content (AvgIpc) is 2.66. The first kappa shape index (κ1) is 21.5. The van der Waals surface area contributed by atoms with Crippen LogP contribution < -0.4 is 4.90 Å². The molecule has 160 valence electrons. The minimum atomic E-state index is -0.562. The zero-order valence-corrected chi connectivity index (χ0v) is 18.5. The van der Waals surface area contributed by atoms with Gasteiger partial charge in [0.05, 0.1) is 4.92 Å². The molecule has 1 atom stereocenters. The molecule has 0 radical (unpaired) electrons. The van der Waals surface area contributed by atoms with E-state index in [0.717, 1.165) is 5.56 Å². The Morgan fingerprint density at radius 3 is 2.45 bits per heavy atom. The lowest BCUT2D eigenvalue weighted by Crippen LogP contribution is -2.44. The molecule has 31 heavy (non-hydrogen) atoms. The van der Waals surface area contributed by atoms with Crippen LogP contribution in [0.4, 0.5) is 11.4 Å². The van der Waals surface area contributed by atoms with Crippen LogP contribution in [0.5, 0.6) is 0 Å². The predicted molar refractivity (Wildman–Crippen MR) is 119 cm³/mol. The highest BCUT2D eigenvalue weighted by Crippen LogP contribution is 2.49. The van der Waals surface area contributed by atoms with Crippen molar-refractivity contribution in [2.24, 2.45) is 5.41 Å². The molecule has 0 bridgehead atoms. The summed E-state index contributed by atoms with van der Waals surface area (Å²) in [4.78, 5) is 39.2. The van der Waals surface area contributed by atoms with Crippen molar-refractivity contribution < 1.29 is 14.5 Å². The van der Waals surface area contributed by atoms with Crippen LogP contribution in [-0.2, 0) is 9.59 Å². The Hall–Kier alpha value is -2.70. The van der Waals surface area contributed by atoms with Crippen LogP contribution >= 0.6 is 23.2 Å². The van der Waals surface area contributed by atoms with E-state index < -0.39 is 10.8 Å². The molecule has 0 saturated heterocycles. The molecule has 6 nitrogen and oxygen atoms in total. The van der Waals surface area contributed by atoms with E-state index in [-0.39, 0.29) is 39.9 Å². The molecule has 0 saturated carbocycles. The quantitative estimate of drug-likeness (QED) is 0.413. The highest BCUT2D eigenvalue weighted by Gasteiger charge is 2.45. The molecular weight excluding hydrogens is 439 g/mol. The average molecular weight is 459 g/mol. The Morgan fingerprint density at radius 2 is 1.77 bits per heavy atom. The lowest BCUT2D eigenvalue weighted by Gasteiger charge is -2.42. The van der Waals surface area contributed by atoms with Gasteiger partial charge in [-0.15, -0.1) is 0 Å². The van der Waals surface area contributed by atoms with Crippen molar-refractivity contribution in [3.63, 3.8) is 0 Å². The standard InChI is InChI=1S/C23H20Cl2N2O4/c1-23(2)11-19-22(20(28)12-23)16(13-4-3-5-14(24)8-13)10-21(29)26(19)17-7-6-15(25)9-18(17)27(30)31/h3-9,16H,10-12H2,1-2H3. The van der Waals surface area contributed by atoms with Crippen molar-refractivity contribution in [1.29, 1.82) is 0 Å². The fourth-order valence-corrected chi connectivity index (χ4v) is 4.90. The van der Waals surface area contributed by atoms with E-state index in [1.165, 1.54) is 23.1 Å². The molecule has 2 aliphatic rings. The summed E-state index contributed by atoms with van der Waals surface area (Å²) in [6, 6.07) is 11.3. The number of hydrogen-bond acceptors (Lipinski definition) is 4. The normalized spacial score (nSPS) is 20.6. The molecule has 1 aliphatic heterocycles. The molecule has 1 heterocycles. The molecule has 2 aromatic carbocycles. The van der Waals surface area contributed by atoms with Gasteiger partial charge in [0.25, 0.3) is 5.69 Å². The second kappa shape index (κ2) is 7.77. The number of carbonyl (C=O) groups is 2. The largest absolute Gasteiger partial charge is 0.294 e. The Labute approximate surface area is 189 Å². The Balaban J connectivity index is 1.95. The van der Waals surface area contributed by atoms with Crippen LogP contribution in [0.2, 0.25) is 10.0 Å². The molecule has 0 fully saturated rings. The van der Waals surface area contributed by atoms with Gasteiger partial charge in [-0.25, -0.2) is 0 Å². The zero-order valence-electron chi connectivity index (χ0n) is 17.0. The van der Waals surface area contributed by atoms with E-state index in [2.05, 4.69) is 0 Å². The summed E-state index contributed by atoms with van der Waals surface area (Å²) in [6.45, 7) is 3.91. The first-order chi connectivity index (χ1) is 14.6. The molecule has 0 aromatic heterocycles. The van der Waals surface area contributed by atoms with Crippen LogP contribution in [0, 0.1) is 15.5 Å². The molecular formula is C23H20Cl2N2O4. The van der Waals surface area contributed by atoms with Crippen LogP contribution in [0.15, 0.2) is 53.7 Å². The van der Waals surface area contributed by atoms with Crippen molar-refractivity contribution in [2.45, 2.75) is 39.0 Å². The number of anilines is 1. The van der Waals surface area contributed by atoms with Crippen molar-refractivity contribution >= 4 is 46.3 Å². The fourth-order valence-electron chi connectivity index (χ4n) is 4.53. The third-order valence-electron chi connectivity index (χ3n) is 5.77. The van der Waals surface area contributed by atoms with Crippen LogP contribution in [0.25, 0.3) is 0 Å². The lowest BCUT2D eigenvalue weighted by molar-refractivity contribution is -0.384. The van der Waals surface area contributed by atoms with Gasteiger partial charge in [0.15, 0.2) is 5.78 Å². The van der Waals surface area contributed by atoms with Gasteiger partial charge in [0.2, 0.25) is 5.91 Å². The first-order valence-corrected chi connectivity index (χ1v) is 10.6. The monoisotopic (exact) mass is 458 g/mol. The summed E-state index contributed by atoms with van der Waals surface area (Å²) in [5.74, 6) is -0.794. The Bertz CT molecular complexity index is 1160.